The minimum atomic E-state index is 0.183. The lowest BCUT2D eigenvalue weighted by Gasteiger charge is -2.08. The Morgan fingerprint density at radius 3 is 2.79 bits per heavy atom. The number of fused-ring (bicyclic) bond motifs is 1. The Morgan fingerprint density at radius 1 is 1.07 bits per heavy atom. The Kier molecular flexibility index (Phi) is 4.76. The van der Waals surface area contributed by atoms with Crippen molar-refractivity contribution in [2.24, 2.45) is 0 Å². The zero-order valence-electron chi connectivity index (χ0n) is 15.7. The number of aromatic nitrogens is 5. The van der Waals surface area contributed by atoms with Gasteiger partial charge in [-0.15, -0.1) is 5.10 Å². The Hall–Kier alpha value is -3.68. The van der Waals surface area contributed by atoms with Crippen LogP contribution in [0.15, 0.2) is 48.7 Å². The lowest BCUT2D eigenvalue weighted by atomic mass is 10.2. The van der Waals surface area contributed by atoms with Crippen LogP contribution in [0.1, 0.15) is 17.0 Å². The predicted octanol–water partition coefficient (Wildman–Crippen LogP) is 3.24. The second-order valence-electron chi connectivity index (χ2n) is 6.55. The summed E-state index contributed by atoms with van der Waals surface area (Å²) in [6, 6.07) is 13.0. The summed E-state index contributed by atoms with van der Waals surface area (Å²) < 4.78 is 1.67. The molecule has 4 aromatic rings. The molecular formula is C20H21N7O. The Morgan fingerprint density at radius 2 is 1.96 bits per heavy atom. The second-order valence-corrected chi connectivity index (χ2v) is 6.55. The van der Waals surface area contributed by atoms with Crippen LogP contribution >= 0.6 is 0 Å². The second kappa shape index (κ2) is 7.51. The molecule has 0 saturated carbocycles. The van der Waals surface area contributed by atoms with E-state index in [1.165, 1.54) is 0 Å². The smallest absolute Gasteiger partial charge is 0.256 e. The van der Waals surface area contributed by atoms with Crippen LogP contribution in [0.2, 0.25) is 0 Å². The number of phenols is 1. The van der Waals surface area contributed by atoms with Gasteiger partial charge in [-0.3, -0.25) is 4.98 Å². The summed E-state index contributed by atoms with van der Waals surface area (Å²) in [7, 11) is 0. The molecule has 0 bridgehead atoms. The van der Waals surface area contributed by atoms with Crippen molar-refractivity contribution in [1.82, 2.24) is 24.6 Å². The minimum absolute atomic E-state index is 0.183. The highest BCUT2D eigenvalue weighted by Crippen LogP contribution is 2.24. The first-order valence-electron chi connectivity index (χ1n) is 9.03. The molecule has 28 heavy (non-hydrogen) atoms. The largest absolute Gasteiger partial charge is 0.508 e. The normalized spacial score (nSPS) is 10.9. The molecule has 0 aliphatic carbocycles. The molecule has 4 rings (SSSR count). The molecule has 8 nitrogen and oxygen atoms in total. The Balaban J connectivity index is 1.56. The Labute approximate surface area is 162 Å². The SMILES string of the molecule is Cc1cc(NCCc2ccccn2)n2nc(Nc3cc(O)ccc3C)nc2n1. The molecule has 0 amide bonds. The molecule has 0 spiro atoms. The third-order valence-corrected chi connectivity index (χ3v) is 4.32. The van der Waals surface area contributed by atoms with Gasteiger partial charge in [-0.25, -0.2) is 4.98 Å². The van der Waals surface area contributed by atoms with Gasteiger partial charge in [0.2, 0.25) is 5.95 Å². The summed E-state index contributed by atoms with van der Waals surface area (Å²) >= 11 is 0. The number of benzene rings is 1. The highest BCUT2D eigenvalue weighted by molar-refractivity contribution is 5.62. The number of aromatic hydroxyl groups is 1. The average Bonchev–Trinajstić information content (AvgIpc) is 3.08. The van der Waals surface area contributed by atoms with Gasteiger partial charge in [-0.05, 0) is 37.6 Å². The van der Waals surface area contributed by atoms with Gasteiger partial charge in [-0.2, -0.15) is 9.50 Å². The molecule has 0 atom stereocenters. The van der Waals surface area contributed by atoms with Gasteiger partial charge >= 0.3 is 0 Å². The van der Waals surface area contributed by atoms with E-state index in [1.54, 1.807) is 22.8 Å². The predicted molar refractivity (Wildman–Crippen MR) is 108 cm³/mol. The first-order valence-corrected chi connectivity index (χ1v) is 9.03. The summed E-state index contributed by atoms with van der Waals surface area (Å²) in [6.45, 7) is 4.58. The number of anilines is 3. The molecule has 3 heterocycles. The van der Waals surface area contributed by atoms with Gasteiger partial charge < -0.3 is 15.7 Å². The molecular weight excluding hydrogens is 354 g/mol. The quantitative estimate of drug-likeness (QED) is 0.476. The highest BCUT2D eigenvalue weighted by atomic mass is 16.3. The van der Waals surface area contributed by atoms with Crippen LogP contribution in [0.5, 0.6) is 5.75 Å². The fraction of sp³-hybridized carbons (Fsp3) is 0.200. The van der Waals surface area contributed by atoms with Crippen molar-refractivity contribution in [3.8, 4) is 5.75 Å². The van der Waals surface area contributed by atoms with Gasteiger partial charge in [0.15, 0.2) is 0 Å². The molecule has 142 valence electrons. The van der Waals surface area contributed by atoms with Crippen LogP contribution in [0.25, 0.3) is 5.78 Å². The van der Waals surface area contributed by atoms with Gasteiger partial charge in [0.25, 0.3) is 5.78 Å². The van der Waals surface area contributed by atoms with Crippen LogP contribution in [0, 0.1) is 13.8 Å². The summed E-state index contributed by atoms with van der Waals surface area (Å²) in [4.78, 5) is 13.3. The number of pyridine rings is 1. The van der Waals surface area contributed by atoms with E-state index in [0.717, 1.165) is 34.9 Å². The van der Waals surface area contributed by atoms with E-state index < -0.39 is 0 Å². The number of aryl methyl sites for hydroxylation is 2. The van der Waals surface area contributed by atoms with Gasteiger partial charge in [0.05, 0.1) is 0 Å². The lowest BCUT2D eigenvalue weighted by molar-refractivity contribution is 0.475. The van der Waals surface area contributed by atoms with Crippen molar-refractivity contribution in [3.05, 3.63) is 65.6 Å². The van der Waals surface area contributed by atoms with Gasteiger partial charge in [0, 0.05) is 48.4 Å². The van der Waals surface area contributed by atoms with E-state index in [-0.39, 0.29) is 5.75 Å². The number of hydrogen-bond donors (Lipinski definition) is 3. The van der Waals surface area contributed by atoms with Crippen LogP contribution in [0.3, 0.4) is 0 Å². The van der Waals surface area contributed by atoms with Crippen molar-refractivity contribution in [2.45, 2.75) is 20.3 Å². The maximum absolute atomic E-state index is 9.71. The van der Waals surface area contributed by atoms with Crippen LogP contribution < -0.4 is 10.6 Å². The van der Waals surface area contributed by atoms with E-state index >= 15 is 0 Å². The van der Waals surface area contributed by atoms with Gasteiger partial charge in [-0.1, -0.05) is 12.1 Å². The summed E-state index contributed by atoms with van der Waals surface area (Å²) in [6.07, 6.45) is 2.59. The van der Waals surface area contributed by atoms with Crippen LogP contribution in [-0.2, 0) is 6.42 Å². The fourth-order valence-electron chi connectivity index (χ4n) is 2.90. The maximum Gasteiger partial charge on any atom is 0.256 e. The molecule has 1 aromatic carbocycles. The number of hydrogen-bond acceptors (Lipinski definition) is 7. The number of nitrogens with one attached hydrogen (secondary N) is 2. The van der Waals surface area contributed by atoms with E-state index in [9.17, 15) is 5.11 Å². The minimum Gasteiger partial charge on any atom is -0.508 e. The third-order valence-electron chi connectivity index (χ3n) is 4.32. The van der Waals surface area contributed by atoms with E-state index in [0.29, 0.717) is 18.3 Å². The van der Waals surface area contributed by atoms with Crippen molar-refractivity contribution < 1.29 is 5.11 Å². The Bertz CT molecular complexity index is 1110. The van der Waals surface area contributed by atoms with E-state index in [1.807, 2.05) is 44.2 Å². The lowest BCUT2D eigenvalue weighted by Crippen LogP contribution is -2.10. The molecule has 8 heteroatoms. The highest BCUT2D eigenvalue weighted by Gasteiger charge is 2.11. The summed E-state index contributed by atoms with van der Waals surface area (Å²) in [5, 5.41) is 20.8. The van der Waals surface area contributed by atoms with Crippen molar-refractivity contribution >= 4 is 23.2 Å². The third kappa shape index (κ3) is 3.85. The number of nitrogens with zero attached hydrogens (tertiary/aromatic N) is 5. The molecule has 0 saturated heterocycles. The van der Waals surface area contributed by atoms with Crippen molar-refractivity contribution in [1.29, 1.82) is 0 Å². The molecule has 3 N–H and O–H groups in total. The first-order chi connectivity index (χ1) is 13.6. The average molecular weight is 375 g/mol. The molecule has 0 aliphatic heterocycles. The molecule has 3 aromatic heterocycles. The molecule has 0 radical (unpaired) electrons. The number of rotatable bonds is 6. The molecule has 0 fully saturated rings. The van der Waals surface area contributed by atoms with Gasteiger partial charge in [0.1, 0.15) is 11.6 Å². The molecule has 0 unspecified atom stereocenters. The first kappa shape index (κ1) is 17.7. The van der Waals surface area contributed by atoms with Crippen molar-refractivity contribution in [2.75, 3.05) is 17.2 Å². The number of phenolic OH excluding ortho intramolecular Hbond substituents is 1. The van der Waals surface area contributed by atoms with Crippen molar-refractivity contribution in [3.63, 3.8) is 0 Å². The summed E-state index contributed by atoms with van der Waals surface area (Å²) in [5.41, 5.74) is 3.60. The zero-order valence-corrected chi connectivity index (χ0v) is 15.7. The van der Waals surface area contributed by atoms with Crippen LogP contribution in [0.4, 0.5) is 17.5 Å². The maximum atomic E-state index is 9.71. The topological polar surface area (TPSA) is 100 Å². The van der Waals surface area contributed by atoms with E-state index in [4.69, 9.17) is 0 Å². The molecule has 0 aliphatic rings. The van der Waals surface area contributed by atoms with E-state index in [2.05, 4.69) is 30.7 Å². The fourth-order valence-corrected chi connectivity index (χ4v) is 2.90. The standard InChI is InChI=1S/C20H21N7O/c1-13-6-7-16(28)12-17(13)24-19-25-20-23-14(2)11-18(27(20)26-19)22-10-8-15-5-3-4-9-21-15/h3-7,9,11-12,22,28H,8,10H2,1-2H3,(H,24,26). The van der Waals surface area contributed by atoms with Crippen LogP contribution in [-0.4, -0.2) is 36.2 Å². The summed E-state index contributed by atoms with van der Waals surface area (Å²) in [5.74, 6) is 1.91. The monoisotopic (exact) mass is 375 g/mol. The zero-order chi connectivity index (χ0) is 19.5.